The molecule has 3 N–H and O–H groups in total. The van der Waals surface area contributed by atoms with Crippen molar-refractivity contribution in [3.63, 3.8) is 0 Å². The summed E-state index contributed by atoms with van der Waals surface area (Å²) < 4.78 is 0. The van der Waals surface area contributed by atoms with Gasteiger partial charge in [-0.15, -0.1) is 0 Å². The van der Waals surface area contributed by atoms with E-state index >= 15 is 0 Å². The molecule has 0 spiro atoms. The van der Waals surface area contributed by atoms with Crippen LogP contribution in [0.1, 0.15) is 6.92 Å². The molecule has 0 saturated carbocycles. The van der Waals surface area contributed by atoms with E-state index in [1.165, 1.54) is 11.8 Å². The van der Waals surface area contributed by atoms with Crippen LogP contribution >= 0.6 is 23.4 Å². The molecule has 4 nitrogen and oxygen atoms in total. The summed E-state index contributed by atoms with van der Waals surface area (Å²) in [5.41, 5.74) is 0.675. The number of aliphatic hydroxyl groups is 1. The highest BCUT2D eigenvalue weighted by Gasteiger charge is 2.17. The third kappa shape index (κ3) is 4.76. The topological polar surface area (TPSA) is 61.4 Å². The molecule has 1 aromatic rings. The van der Waals surface area contributed by atoms with Crippen molar-refractivity contribution >= 4 is 35.1 Å². The molecule has 0 heterocycles. The second-order valence-corrected chi connectivity index (χ2v) is 5.36. The van der Waals surface area contributed by atoms with Gasteiger partial charge in [-0.05, 0) is 37.4 Å². The Morgan fingerprint density at radius 3 is 2.56 bits per heavy atom. The van der Waals surface area contributed by atoms with Crippen LogP contribution in [0.5, 0.6) is 0 Å². The quantitative estimate of drug-likeness (QED) is 0.780. The zero-order chi connectivity index (χ0) is 13.5. The number of aliphatic hydroxyl groups excluding tert-OH is 1. The van der Waals surface area contributed by atoms with Crippen molar-refractivity contribution < 1.29 is 9.90 Å². The molecule has 0 aliphatic heterocycles. The lowest BCUT2D eigenvalue weighted by atomic mass is 10.2. The zero-order valence-corrected chi connectivity index (χ0v) is 11.9. The molecule has 0 bridgehead atoms. The van der Waals surface area contributed by atoms with E-state index in [1.807, 2.05) is 13.2 Å². The van der Waals surface area contributed by atoms with Crippen molar-refractivity contribution in [2.45, 2.75) is 18.2 Å². The van der Waals surface area contributed by atoms with E-state index < -0.39 is 0 Å². The lowest BCUT2D eigenvalue weighted by molar-refractivity contribution is 0.243. The van der Waals surface area contributed by atoms with Crippen LogP contribution in [0.15, 0.2) is 24.3 Å². The van der Waals surface area contributed by atoms with Crippen molar-refractivity contribution in [1.29, 1.82) is 0 Å². The highest BCUT2D eigenvalue weighted by molar-refractivity contribution is 7.99. The second-order valence-electron chi connectivity index (χ2n) is 3.85. The highest BCUT2D eigenvalue weighted by Crippen LogP contribution is 2.14. The fourth-order valence-electron chi connectivity index (χ4n) is 1.44. The first-order valence-corrected chi connectivity index (χ1v) is 7.20. The van der Waals surface area contributed by atoms with Crippen molar-refractivity contribution in [2.75, 3.05) is 18.2 Å². The number of anilines is 1. The number of thioether (sulfide) groups is 1. The Morgan fingerprint density at radius 1 is 1.44 bits per heavy atom. The molecule has 18 heavy (non-hydrogen) atoms. The first-order valence-electron chi connectivity index (χ1n) is 5.53. The summed E-state index contributed by atoms with van der Waals surface area (Å²) in [5.74, 6) is 0. The van der Waals surface area contributed by atoms with E-state index in [-0.39, 0.29) is 23.9 Å². The van der Waals surface area contributed by atoms with Gasteiger partial charge < -0.3 is 15.7 Å². The molecule has 100 valence electrons. The molecule has 1 rings (SSSR count). The van der Waals surface area contributed by atoms with Crippen LogP contribution in [0.25, 0.3) is 0 Å². The largest absolute Gasteiger partial charge is 0.395 e. The minimum Gasteiger partial charge on any atom is -0.395 e. The van der Waals surface area contributed by atoms with Gasteiger partial charge in [-0.25, -0.2) is 4.79 Å². The van der Waals surface area contributed by atoms with Crippen LogP contribution in [0.3, 0.4) is 0 Å². The molecule has 0 aromatic heterocycles. The van der Waals surface area contributed by atoms with Gasteiger partial charge in [-0.1, -0.05) is 11.6 Å². The molecule has 0 aliphatic rings. The number of carbonyl (C=O) groups excluding carboxylic acids is 1. The summed E-state index contributed by atoms with van der Waals surface area (Å²) in [6.07, 6.45) is 1.90. The van der Waals surface area contributed by atoms with Gasteiger partial charge in [0, 0.05) is 22.0 Å². The Labute approximate surface area is 116 Å². The minimum atomic E-state index is -0.294. The van der Waals surface area contributed by atoms with Gasteiger partial charge in [0.25, 0.3) is 0 Å². The predicted molar refractivity (Wildman–Crippen MR) is 77.5 cm³/mol. The SMILES string of the molecule is CSC(CO)C(C)NC(=O)Nc1ccc(Cl)cc1. The highest BCUT2D eigenvalue weighted by atomic mass is 35.5. The van der Waals surface area contributed by atoms with E-state index in [1.54, 1.807) is 24.3 Å². The summed E-state index contributed by atoms with van der Waals surface area (Å²) in [6, 6.07) is 6.46. The van der Waals surface area contributed by atoms with Crippen LogP contribution < -0.4 is 10.6 Å². The van der Waals surface area contributed by atoms with Crippen LogP contribution in [0, 0.1) is 0 Å². The van der Waals surface area contributed by atoms with E-state index in [0.29, 0.717) is 10.7 Å². The van der Waals surface area contributed by atoms with E-state index in [0.717, 1.165) is 0 Å². The molecule has 2 atom stereocenters. The number of benzene rings is 1. The Hall–Kier alpha value is -0.910. The Morgan fingerprint density at radius 2 is 2.06 bits per heavy atom. The maximum Gasteiger partial charge on any atom is 0.319 e. The second kappa shape index (κ2) is 7.51. The van der Waals surface area contributed by atoms with Gasteiger partial charge in [-0.2, -0.15) is 11.8 Å². The molecule has 2 unspecified atom stereocenters. The van der Waals surface area contributed by atoms with Crippen LogP contribution in [-0.4, -0.2) is 35.3 Å². The summed E-state index contributed by atoms with van der Waals surface area (Å²) in [4.78, 5) is 11.7. The van der Waals surface area contributed by atoms with Crippen molar-refractivity contribution in [2.24, 2.45) is 0 Å². The van der Waals surface area contributed by atoms with Crippen LogP contribution in [-0.2, 0) is 0 Å². The lowest BCUT2D eigenvalue weighted by Crippen LogP contribution is -2.43. The van der Waals surface area contributed by atoms with Gasteiger partial charge in [0.05, 0.1) is 6.61 Å². The number of carbonyl (C=O) groups is 1. The predicted octanol–water partition coefficient (Wildman–Crippen LogP) is 2.57. The fourth-order valence-corrected chi connectivity index (χ4v) is 2.19. The standard InChI is InChI=1S/C12H17ClN2O2S/c1-8(11(7-16)18-2)14-12(17)15-10-5-3-9(13)4-6-10/h3-6,8,11,16H,7H2,1-2H3,(H2,14,15,17). The molecule has 6 heteroatoms. The third-order valence-corrected chi connectivity index (χ3v) is 3.92. The van der Waals surface area contributed by atoms with Crippen LogP contribution in [0.2, 0.25) is 5.02 Å². The number of rotatable bonds is 5. The summed E-state index contributed by atoms with van der Waals surface area (Å²) in [7, 11) is 0. The molecular formula is C12H17ClN2O2S. The zero-order valence-electron chi connectivity index (χ0n) is 10.3. The van der Waals surface area contributed by atoms with Crippen molar-refractivity contribution in [3.05, 3.63) is 29.3 Å². The summed E-state index contributed by atoms with van der Waals surface area (Å²) in [5, 5.41) is 15.2. The number of halogens is 1. The maximum absolute atomic E-state index is 11.7. The molecule has 0 fully saturated rings. The number of nitrogens with one attached hydrogen (secondary N) is 2. The smallest absolute Gasteiger partial charge is 0.319 e. The maximum atomic E-state index is 11.7. The first kappa shape index (κ1) is 15.1. The Kier molecular flexibility index (Phi) is 6.32. The number of urea groups is 1. The van der Waals surface area contributed by atoms with Gasteiger partial charge in [0.15, 0.2) is 0 Å². The fraction of sp³-hybridized carbons (Fsp3) is 0.417. The molecule has 0 aliphatic carbocycles. The van der Waals surface area contributed by atoms with Gasteiger partial charge in [0.2, 0.25) is 0 Å². The first-order chi connectivity index (χ1) is 8.56. The number of hydrogen-bond donors (Lipinski definition) is 3. The molecule has 1 aromatic carbocycles. The third-order valence-electron chi connectivity index (χ3n) is 2.50. The van der Waals surface area contributed by atoms with Crippen molar-refractivity contribution in [3.8, 4) is 0 Å². The average Bonchev–Trinajstić information content (AvgIpc) is 2.33. The molecule has 2 amide bonds. The summed E-state index contributed by atoms with van der Waals surface area (Å²) in [6.45, 7) is 1.89. The normalized spacial score (nSPS) is 13.8. The Bertz CT molecular complexity index is 382. The lowest BCUT2D eigenvalue weighted by Gasteiger charge is -2.21. The number of amides is 2. The van der Waals surface area contributed by atoms with E-state index in [9.17, 15) is 4.79 Å². The number of hydrogen-bond acceptors (Lipinski definition) is 3. The van der Waals surface area contributed by atoms with E-state index in [2.05, 4.69) is 10.6 Å². The van der Waals surface area contributed by atoms with Crippen LogP contribution in [0.4, 0.5) is 10.5 Å². The van der Waals surface area contributed by atoms with E-state index in [4.69, 9.17) is 16.7 Å². The van der Waals surface area contributed by atoms with Crippen molar-refractivity contribution in [1.82, 2.24) is 5.32 Å². The molecule has 0 saturated heterocycles. The Balaban J connectivity index is 2.48. The monoisotopic (exact) mass is 288 g/mol. The molecular weight excluding hydrogens is 272 g/mol. The summed E-state index contributed by atoms with van der Waals surface area (Å²) >= 11 is 7.27. The average molecular weight is 289 g/mol. The van der Waals surface area contributed by atoms with Gasteiger partial charge in [-0.3, -0.25) is 0 Å². The minimum absolute atomic E-state index is 0.0130. The van der Waals surface area contributed by atoms with Gasteiger partial charge >= 0.3 is 6.03 Å². The molecule has 0 radical (unpaired) electrons. The van der Waals surface area contributed by atoms with Gasteiger partial charge in [0.1, 0.15) is 0 Å².